The van der Waals surface area contributed by atoms with Crippen LogP contribution in [0.1, 0.15) is 18.9 Å². The largest absolute Gasteiger partial charge is 0.497 e. The fourth-order valence-corrected chi connectivity index (χ4v) is 3.27. The number of aromatic nitrogens is 3. The third-order valence-electron chi connectivity index (χ3n) is 3.82. The molecule has 24 heavy (non-hydrogen) atoms. The van der Waals surface area contributed by atoms with Crippen molar-refractivity contribution in [3.63, 3.8) is 0 Å². The predicted octanol–water partition coefficient (Wildman–Crippen LogP) is 4.59. The van der Waals surface area contributed by atoms with Gasteiger partial charge in [0.15, 0.2) is 5.82 Å². The zero-order chi connectivity index (χ0) is 16.8. The van der Waals surface area contributed by atoms with Gasteiger partial charge in [0.25, 0.3) is 0 Å². The molecule has 1 unspecified atom stereocenters. The van der Waals surface area contributed by atoms with E-state index in [-0.39, 0.29) is 0 Å². The summed E-state index contributed by atoms with van der Waals surface area (Å²) in [5, 5.41) is 8.60. The summed E-state index contributed by atoms with van der Waals surface area (Å²) in [7, 11) is 1.66. The third-order valence-corrected chi connectivity index (χ3v) is 4.85. The van der Waals surface area contributed by atoms with Gasteiger partial charge in [-0.25, -0.2) is 4.98 Å². The van der Waals surface area contributed by atoms with Gasteiger partial charge in [-0.3, -0.25) is 5.10 Å². The van der Waals surface area contributed by atoms with Crippen LogP contribution in [-0.2, 0) is 6.42 Å². The summed E-state index contributed by atoms with van der Waals surface area (Å²) in [4.78, 5) is 4.59. The van der Waals surface area contributed by atoms with E-state index in [1.54, 1.807) is 18.9 Å². The van der Waals surface area contributed by atoms with E-state index < -0.39 is 0 Å². The standard InChI is InChI=1S/C19H21N3OS/c1-14(8-9-15-6-4-3-5-7-15)24-19-20-18(21-22-19)16-10-12-17(23-2)13-11-16/h3-7,10-14H,8-9H2,1-2H3,(H,20,21,22). The Morgan fingerprint density at radius 2 is 1.83 bits per heavy atom. The molecule has 1 aromatic heterocycles. The van der Waals surface area contributed by atoms with E-state index in [2.05, 4.69) is 52.4 Å². The van der Waals surface area contributed by atoms with E-state index in [9.17, 15) is 0 Å². The first-order valence-corrected chi connectivity index (χ1v) is 8.90. The molecule has 1 heterocycles. The minimum absolute atomic E-state index is 0.463. The maximum absolute atomic E-state index is 5.18. The first-order valence-electron chi connectivity index (χ1n) is 8.02. The molecule has 0 aliphatic heterocycles. The van der Waals surface area contributed by atoms with Crippen molar-refractivity contribution in [1.29, 1.82) is 0 Å². The lowest BCUT2D eigenvalue weighted by Crippen LogP contribution is -1.99. The number of nitrogens with one attached hydrogen (secondary N) is 1. The van der Waals surface area contributed by atoms with Crippen LogP contribution in [-0.4, -0.2) is 27.5 Å². The highest BCUT2D eigenvalue weighted by molar-refractivity contribution is 7.99. The van der Waals surface area contributed by atoms with Crippen LogP contribution in [0.25, 0.3) is 11.4 Å². The topological polar surface area (TPSA) is 50.8 Å². The Morgan fingerprint density at radius 3 is 2.54 bits per heavy atom. The van der Waals surface area contributed by atoms with Crippen molar-refractivity contribution >= 4 is 11.8 Å². The van der Waals surface area contributed by atoms with Gasteiger partial charge in [0, 0.05) is 10.8 Å². The van der Waals surface area contributed by atoms with Crippen molar-refractivity contribution < 1.29 is 4.74 Å². The zero-order valence-electron chi connectivity index (χ0n) is 13.9. The van der Waals surface area contributed by atoms with Crippen LogP contribution in [0.3, 0.4) is 0 Å². The number of methoxy groups -OCH3 is 1. The van der Waals surface area contributed by atoms with Crippen molar-refractivity contribution in [1.82, 2.24) is 15.2 Å². The van der Waals surface area contributed by atoms with E-state index in [0.717, 1.165) is 35.1 Å². The molecule has 0 fully saturated rings. The summed E-state index contributed by atoms with van der Waals surface area (Å²) in [6.07, 6.45) is 2.17. The molecule has 1 atom stereocenters. The van der Waals surface area contributed by atoms with Gasteiger partial charge >= 0.3 is 0 Å². The molecule has 0 bridgehead atoms. The van der Waals surface area contributed by atoms with Gasteiger partial charge in [0.1, 0.15) is 5.75 Å². The van der Waals surface area contributed by atoms with Crippen LogP contribution >= 0.6 is 11.8 Å². The number of nitrogens with zero attached hydrogens (tertiary/aromatic N) is 2. The molecule has 0 radical (unpaired) electrons. The minimum Gasteiger partial charge on any atom is -0.497 e. The SMILES string of the molecule is COc1ccc(-c2nc(SC(C)CCc3ccccc3)n[nH]2)cc1. The molecule has 0 spiro atoms. The quantitative estimate of drug-likeness (QED) is 0.640. The van der Waals surface area contributed by atoms with Crippen LogP contribution in [0.4, 0.5) is 0 Å². The zero-order valence-corrected chi connectivity index (χ0v) is 14.7. The van der Waals surface area contributed by atoms with Gasteiger partial charge in [-0.1, -0.05) is 49.0 Å². The molecule has 2 aromatic carbocycles. The van der Waals surface area contributed by atoms with Crippen molar-refractivity contribution in [3.8, 4) is 17.1 Å². The Morgan fingerprint density at radius 1 is 1.08 bits per heavy atom. The Balaban J connectivity index is 1.56. The number of benzene rings is 2. The molecule has 1 N–H and O–H groups in total. The van der Waals surface area contributed by atoms with E-state index in [0.29, 0.717) is 5.25 Å². The Labute approximate surface area is 146 Å². The van der Waals surface area contributed by atoms with E-state index in [1.165, 1.54) is 5.56 Å². The van der Waals surface area contributed by atoms with Crippen LogP contribution in [0.5, 0.6) is 5.75 Å². The Hall–Kier alpha value is -2.27. The molecule has 124 valence electrons. The molecule has 0 amide bonds. The average Bonchev–Trinajstić information content (AvgIpc) is 3.09. The molecular weight excluding hydrogens is 318 g/mol. The number of thioether (sulfide) groups is 1. The molecule has 0 saturated heterocycles. The lowest BCUT2D eigenvalue weighted by molar-refractivity contribution is 0.415. The number of hydrogen-bond donors (Lipinski definition) is 1. The highest BCUT2D eigenvalue weighted by atomic mass is 32.2. The number of aryl methyl sites for hydroxylation is 1. The van der Waals surface area contributed by atoms with Crippen LogP contribution in [0.15, 0.2) is 59.8 Å². The van der Waals surface area contributed by atoms with Gasteiger partial charge in [0.2, 0.25) is 5.16 Å². The first-order chi connectivity index (χ1) is 11.7. The Bertz CT molecular complexity index is 756. The van der Waals surface area contributed by atoms with Gasteiger partial charge in [0.05, 0.1) is 7.11 Å². The van der Waals surface area contributed by atoms with Crippen molar-refractivity contribution in [2.75, 3.05) is 7.11 Å². The number of H-pyrrole nitrogens is 1. The molecule has 3 aromatic rings. The average molecular weight is 339 g/mol. The van der Waals surface area contributed by atoms with Crippen LogP contribution < -0.4 is 4.74 Å². The fourth-order valence-electron chi connectivity index (χ4n) is 2.43. The summed E-state index contributed by atoms with van der Waals surface area (Å²) in [6, 6.07) is 18.4. The van der Waals surface area contributed by atoms with Crippen molar-refractivity contribution in [3.05, 3.63) is 60.2 Å². The van der Waals surface area contributed by atoms with Crippen molar-refractivity contribution in [2.45, 2.75) is 30.2 Å². The van der Waals surface area contributed by atoms with E-state index >= 15 is 0 Å². The molecule has 3 rings (SSSR count). The number of ether oxygens (including phenoxy) is 1. The summed E-state index contributed by atoms with van der Waals surface area (Å²) >= 11 is 1.71. The third kappa shape index (κ3) is 4.38. The summed E-state index contributed by atoms with van der Waals surface area (Å²) in [5.41, 5.74) is 2.38. The highest BCUT2D eigenvalue weighted by Gasteiger charge is 2.11. The second-order valence-corrected chi connectivity index (χ2v) is 7.05. The van der Waals surface area contributed by atoms with E-state index in [4.69, 9.17) is 4.74 Å². The number of hydrogen-bond acceptors (Lipinski definition) is 4. The maximum Gasteiger partial charge on any atom is 0.209 e. The molecule has 4 nitrogen and oxygen atoms in total. The van der Waals surface area contributed by atoms with Gasteiger partial charge in [-0.2, -0.15) is 0 Å². The predicted molar refractivity (Wildman–Crippen MR) is 98.5 cm³/mol. The van der Waals surface area contributed by atoms with Crippen LogP contribution in [0, 0.1) is 0 Å². The van der Waals surface area contributed by atoms with Crippen molar-refractivity contribution in [2.24, 2.45) is 0 Å². The lowest BCUT2D eigenvalue weighted by Gasteiger charge is -2.08. The molecule has 5 heteroatoms. The molecule has 0 saturated carbocycles. The Kier molecular flexibility index (Phi) is 5.54. The minimum atomic E-state index is 0.463. The van der Waals surface area contributed by atoms with Gasteiger partial charge in [-0.05, 0) is 42.7 Å². The first kappa shape index (κ1) is 16.6. The van der Waals surface area contributed by atoms with Gasteiger partial charge in [-0.15, -0.1) is 5.10 Å². The molecule has 0 aliphatic carbocycles. The summed E-state index contributed by atoms with van der Waals surface area (Å²) in [6.45, 7) is 2.22. The maximum atomic E-state index is 5.18. The summed E-state index contributed by atoms with van der Waals surface area (Å²) in [5.74, 6) is 1.62. The smallest absolute Gasteiger partial charge is 0.209 e. The lowest BCUT2D eigenvalue weighted by atomic mass is 10.1. The summed E-state index contributed by atoms with van der Waals surface area (Å²) < 4.78 is 5.18. The van der Waals surface area contributed by atoms with E-state index in [1.807, 2.05) is 24.3 Å². The van der Waals surface area contributed by atoms with Gasteiger partial charge < -0.3 is 4.74 Å². The molecule has 0 aliphatic rings. The normalized spacial score (nSPS) is 12.1. The monoisotopic (exact) mass is 339 g/mol. The second kappa shape index (κ2) is 8.02. The second-order valence-electron chi connectivity index (χ2n) is 5.65. The number of aromatic amines is 1. The van der Waals surface area contributed by atoms with Crippen LogP contribution in [0.2, 0.25) is 0 Å². The molecular formula is C19H21N3OS. The number of rotatable bonds is 7. The fraction of sp³-hybridized carbons (Fsp3) is 0.263. The highest BCUT2D eigenvalue weighted by Crippen LogP contribution is 2.26.